The lowest BCUT2D eigenvalue weighted by Crippen LogP contribution is -2.24. The summed E-state index contributed by atoms with van der Waals surface area (Å²) in [6.07, 6.45) is 3.30. The third-order valence-electron chi connectivity index (χ3n) is 5.41. The molecule has 178 valence electrons. The normalized spacial score (nSPS) is 11.8. The molecule has 0 aliphatic rings. The molecule has 0 spiro atoms. The molecule has 3 rings (SSSR count). The molecule has 1 unspecified atom stereocenters. The fourth-order valence-corrected chi connectivity index (χ4v) is 3.62. The predicted octanol–water partition coefficient (Wildman–Crippen LogP) is 3.22. The SMILES string of the molecule is CNCc1ccc(C(=N)OC(=N)c2nc(-c3ccc(=O)n(C(C)COC)c3)cnc2C)c(C)c1. The van der Waals surface area contributed by atoms with E-state index in [1.165, 1.54) is 6.07 Å². The second-order valence-electron chi connectivity index (χ2n) is 8.10. The van der Waals surface area contributed by atoms with Crippen molar-refractivity contribution in [3.63, 3.8) is 0 Å². The van der Waals surface area contributed by atoms with Crippen molar-refractivity contribution in [3.05, 3.63) is 81.2 Å². The van der Waals surface area contributed by atoms with E-state index in [-0.39, 0.29) is 29.1 Å². The minimum absolute atomic E-state index is 0.132. The Labute approximate surface area is 198 Å². The summed E-state index contributed by atoms with van der Waals surface area (Å²) in [5.41, 5.74) is 4.34. The molecule has 0 aliphatic heterocycles. The first kappa shape index (κ1) is 24.9. The first-order chi connectivity index (χ1) is 16.2. The van der Waals surface area contributed by atoms with Crippen LogP contribution in [-0.4, -0.2) is 47.1 Å². The van der Waals surface area contributed by atoms with Crippen molar-refractivity contribution in [2.24, 2.45) is 0 Å². The van der Waals surface area contributed by atoms with Gasteiger partial charge in [0, 0.05) is 37.0 Å². The van der Waals surface area contributed by atoms with E-state index < -0.39 is 0 Å². The molecule has 9 nitrogen and oxygen atoms in total. The lowest BCUT2D eigenvalue weighted by atomic mass is 10.0. The number of methoxy groups -OCH3 is 1. The highest BCUT2D eigenvalue weighted by atomic mass is 16.5. The van der Waals surface area contributed by atoms with Gasteiger partial charge in [-0.1, -0.05) is 12.1 Å². The summed E-state index contributed by atoms with van der Waals surface area (Å²) in [4.78, 5) is 21.2. The molecule has 2 aromatic heterocycles. The van der Waals surface area contributed by atoms with Gasteiger partial charge in [-0.05, 0) is 51.1 Å². The monoisotopic (exact) mass is 462 g/mol. The Morgan fingerprint density at radius 2 is 1.94 bits per heavy atom. The second kappa shape index (κ2) is 11.0. The Morgan fingerprint density at radius 3 is 2.62 bits per heavy atom. The number of nitrogens with one attached hydrogen (secondary N) is 3. The Morgan fingerprint density at radius 1 is 1.18 bits per heavy atom. The van der Waals surface area contributed by atoms with Crippen LogP contribution in [0.25, 0.3) is 11.3 Å². The summed E-state index contributed by atoms with van der Waals surface area (Å²) in [7, 11) is 3.46. The fraction of sp³-hybridized carbons (Fsp3) is 0.320. The second-order valence-corrected chi connectivity index (χ2v) is 8.10. The molecule has 0 amide bonds. The quantitative estimate of drug-likeness (QED) is 0.349. The van der Waals surface area contributed by atoms with Crippen LogP contribution in [-0.2, 0) is 16.0 Å². The van der Waals surface area contributed by atoms with E-state index in [1.54, 1.807) is 37.1 Å². The van der Waals surface area contributed by atoms with Crippen molar-refractivity contribution >= 4 is 11.8 Å². The van der Waals surface area contributed by atoms with Crippen LogP contribution in [0.2, 0.25) is 0 Å². The Hall–Kier alpha value is -3.69. The van der Waals surface area contributed by atoms with Crippen LogP contribution < -0.4 is 10.9 Å². The van der Waals surface area contributed by atoms with Crippen molar-refractivity contribution in [1.82, 2.24) is 19.9 Å². The average Bonchev–Trinajstić information content (AvgIpc) is 2.80. The summed E-state index contributed by atoms with van der Waals surface area (Å²) in [5, 5.41) is 19.9. The number of aromatic nitrogens is 3. The van der Waals surface area contributed by atoms with Crippen LogP contribution in [0.3, 0.4) is 0 Å². The topological polar surface area (TPSA) is 126 Å². The van der Waals surface area contributed by atoms with Crippen LogP contribution in [0.5, 0.6) is 0 Å². The molecule has 0 saturated carbocycles. The number of benzene rings is 1. The van der Waals surface area contributed by atoms with Gasteiger partial charge in [0.2, 0.25) is 11.8 Å². The number of nitrogens with zero attached hydrogens (tertiary/aromatic N) is 3. The highest BCUT2D eigenvalue weighted by Gasteiger charge is 2.17. The van der Waals surface area contributed by atoms with E-state index in [0.717, 1.165) is 17.7 Å². The van der Waals surface area contributed by atoms with Crippen LogP contribution in [0.1, 0.15) is 41.0 Å². The van der Waals surface area contributed by atoms with Gasteiger partial charge in [0.25, 0.3) is 5.56 Å². The molecule has 1 aromatic carbocycles. The summed E-state index contributed by atoms with van der Waals surface area (Å²) >= 11 is 0. The number of ether oxygens (including phenoxy) is 2. The molecule has 0 fully saturated rings. The highest BCUT2D eigenvalue weighted by Crippen LogP contribution is 2.19. The van der Waals surface area contributed by atoms with Crippen LogP contribution in [0.4, 0.5) is 0 Å². The Bertz CT molecular complexity index is 1270. The average molecular weight is 463 g/mol. The van der Waals surface area contributed by atoms with E-state index in [1.807, 2.05) is 39.1 Å². The zero-order valence-electron chi connectivity index (χ0n) is 20.1. The molecular weight excluding hydrogens is 432 g/mol. The fourth-order valence-electron chi connectivity index (χ4n) is 3.62. The number of rotatable bonds is 8. The summed E-state index contributed by atoms with van der Waals surface area (Å²) in [5.74, 6) is -0.399. The Kier molecular flexibility index (Phi) is 8.04. The third-order valence-corrected chi connectivity index (χ3v) is 5.41. The largest absolute Gasteiger partial charge is 0.419 e. The molecule has 34 heavy (non-hydrogen) atoms. The van der Waals surface area contributed by atoms with Crippen molar-refractivity contribution < 1.29 is 9.47 Å². The number of pyridine rings is 1. The van der Waals surface area contributed by atoms with Crippen molar-refractivity contribution in [1.29, 1.82) is 10.8 Å². The summed E-state index contributed by atoms with van der Waals surface area (Å²) in [6.45, 7) is 6.64. The Balaban J connectivity index is 1.87. The third kappa shape index (κ3) is 5.62. The molecule has 3 aromatic rings. The van der Waals surface area contributed by atoms with Crippen LogP contribution in [0.15, 0.2) is 47.5 Å². The van der Waals surface area contributed by atoms with Gasteiger partial charge in [-0.2, -0.15) is 0 Å². The molecule has 1 atom stereocenters. The van der Waals surface area contributed by atoms with E-state index in [0.29, 0.717) is 29.1 Å². The minimum atomic E-state index is -0.267. The minimum Gasteiger partial charge on any atom is -0.419 e. The van der Waals surface area contributed by atoms with Gasteiger partial charge in [0.15, 0.2) is 0 Å². The van der Waals surface area contributed by atoms with E-state index in [9.17, 15) is 4.79 Å². The maximum Gasteiger partial charge on any atom is 0.250 e. The van der Waals surface area contributed by atoms with Crippen molar-refractivity contribution in [2.45, 2.75) is 33.4 Å². The standard InChI is InChI=1S/C25H30N6O3/c1-15-10-18(11-28-4)6-8-20(15)24(26)34-25(27)23-17(3)29-12-21(30-23)19-7-9-22(32)31(13-19)16(2)14-33-5/h6-10,12-13,16,26-28H,11,14H2,1-5H3. The summed E-state index contributed by atoms with van der Waals surface area (Å²) < 4.78 is 12.3. The van der Waals surface area contributed by atoms with Gasteiger partial charge < -0.3 is 19.4 Å². The molecule has 9 heteroatoms. The zero-order valence-corrected chi connectivity index (χ0v) is 20.1. The molecule has 0 saturated heterocycles. The molecule has 0 bridgehead atoms. The van der Waals surface area contributed by atoms with Gasteiger partial charge in [0.05, 0.1) is 30.2 Å². The van der Waals surface area contributed by atoms with Crippen molar-refractivity contribution in [2.75, 3.05) is 20.8 Å². The zero-order chi connectivity index (χ0) is 24.8. The predicted molar refractivity (Wildman–Crippen MR) is 132 cm³/mol. The van der Waals surface area contributed by atoms with Crippen LogP contribution >= 0.6 is 0 Å². The molecule has 0 radical (unpaired) electrons. The lowest BCUT2D eigenvalue weighted by molar-refractivity contribution is 0.161. The molecule has 0 aliphatic carbocycles. The van der Waals surface area contributed by atoms with Crippen LogP contribution in [0, 0.1) is 24.7 Å². The maximum atomic E-state index is 12.3. The van der Waals surface area contributed by atoms with E-state index in [2.05, 4.69) is 15.3 Å². The van der Waals surface area contributed by atoms with Crippen molar-refractivity contribution in [3.8, 4) is 11.3 Å². The van der Waals surface area contributed by atoms with Gasteiger partial charge >= 0.3 is 0 Å². The number of aryl methyl sites for hydroxylation is 2. The lowest BCUT2D eigenvalue weighted by Gasteiger charge is -2.16. The maximum absolute atomic E-state index is 12.3. The number of hydrogen-bond acceptors (Lipinski definition) is 8. The summed E-state index contributed by atoms with van der Waals surface area (Å²) in [6, 6.07) is 8.71. The molecular formula is C25H30N6O3. The van der Waals surface area contributed by atoms with Gasteiger partial charge in [-0.25, -0.2) is 4.98 Å². The highest BCUT2D eigenvalue weighted by molar-refractivity contribution is 6.05. The van der Waals surface area contributed by atoms with Gasteiger partial charge in [-0.3, -0.25) is 20.6 Å². The van der Waals surface area contributed by atoms with E-state index >= 15 is 0 Å². The van der Waals surface area contributed by atoms with E-state index in [4.69, 9.17) is 20.3 Å². The van der Waals surface area contributed by atoms with Gasteiger partial charge in [-0.15, -0.1) is 0 Å². The first-order valence-corrected chi connectivity index (χ1v) is 10.9. The molecule has 2 heterocycles. The van der Waals surface area contributed by atoms with Gasteiger partial charge in [0.1, 0.15) is 5.69 Å². The number of hydrogen-bond donors (Lipinski definition) is 3. The smallest absolute Gasteiger partial charge is 0.250 e. The molecule has 3 N–H and O–H groups in total. The first-order valence-electron chi connectivity index (χ1n) is 10.9.